The van der Waals surface area contributed by atoms with Gasteiger partial charge in [-0.05, 0) is 23.5 Å². The predicted molar refractivity (Wildman–Crippen MR) is 64.9 cm³/mol. The largest absolute Gasteiger partial charge is 0.507 e. The van der Waals surface area contributed by atoms with Crippen LogP contribution in [0.5, 0.6) is 5.75 Å². The lowest BCUT2D eigenvalue weighted by molar-refractivity contribution is 0.473. The molecule has 0 atom stereocenters. The standard InChI is InChI=1S/C12H18FOP/c1-8(2)15(9(3)4)12-6-5-10(13)7-11(12)14/h5-9,14H,1-4H3. The molecular weight excluding hydrogens is 210 g/mol. The number of benzene rings is 1. The number of aromatic hydroxyl groups is 1. The van der Waals surface area contributed by atoms with Gasteiger partial charge in [-0.2, -0.15) is 0 Å². The Morgan fingerprint density at radius 2 is 1.67 bits per heavy atom. The first-order valence-corrected chi connectivity index (χ1v) is 6.68. The molecule has 0 heterocycles. The highest BCUT2D eigenvalue weighted by atomic mass is 31.1. The summed E-state index contributed by atoms with van der Waals surface area (Å²) in [5, 5.41) is 10.6. The molecule has 0 saturated carbocycles. The Labute approximate surface area is 92.1 Å². The Balaban J connectivity index is 3.12. The summed E-state index contributed by atoms with van der Waals surface area (Å²) in [6.07, 6.45) is 0. The van der Waals surface area contributed by atoms with Crippen LogP contribution < -0.4 is 5.30 Å². The molecule has 1 N–H and O–H groups in total. The van der Waals surface area contributed by atoms with Crippen LogP contribution in [-0.2, 0) is 0 Å². The summed E-state index contributed by atoms with van der Waals surface area (Å²) in [7, 11) is -0.424. The van der Waals surface area contributed by atoms with Crippen molar-refractivity contribution in [2.45, 2.75) is 39.0 Å². The minimum Gasteiger partial charge on any atom is -0.507 e. The highest BCUT2D eigenvalue weighted by Crippen LogP contribution is 2.46. The average Bonchev–Trinajstić information content (AvgIpc) is 2.08. The molecule has 0 amide bonds. The third-order valence-electron chi connectivity index (χ3n) is 2.33. The molecule has 0 radical (unpaired) electrons. The molecule has 0 unspecified atom stereocenters. The zero-order chi connectivity index (χ0) is 11.6. The van der Waals surface area contributed by atoms with Gasteiger partial charge in [-0.3, -0.25) is 0 Å². The van der Waals surface area contributed by atoms with Crippen molar-refractivity contribution in [1.29, 1.82) is 0 Å². The van der Waals surface area contributed by atoms with Crippen LogP contribution in [0.2, 0.25) is 0 Å². The van der Waals surface area contributed by atoms with Crippen molar-refractivity contribution in [3.05, 3.63) is 24.0 Å². The van der Waals surface area contributed by atoms with Gasteiger partial charge in [0.2, 0.25) is 0 Å². The fourth-order valence-corrected chi connectivity index (χ4v) is 4.75. The lowest BCUT2D eigenvalue weighted by atomic mass is 10.3. The summed E-state index contributed by atoms with van der Waals surface area (Å²) in [6, 6.07) is 4.35. The van der Waals surface area contributed by atoms with E-state index in [2.05, 4.69) is 27.7 Å². The van der Waals surface area contributed by atoms with Crippen molar-refractivity contribution in [1.82, 2.24) is 0 Å². The predicted octanol–water partition coefficient (Wildman–Crippen LogP) is 3.46. The second kappa shape index (κ2) is 4.94. The van der Waals surface area contributed by atoms with E-state index in [1.807, 2.05) is 0 Å². The molecule has 0 saturated heterocycles. The minimum atomic E-state index is -0.424. The zero-order valence-electron chi connectivity index (χ0n) is 9.66. The van der Waals surface area contributed by atoms with E-state index in [0.29, 0.717) is 11.3 Å². The van der Waals surface area contributed by atoms with Gasteiger partial charge in [0.25, 0.3) is 0 Å². The normalized spacial score (nSPS) is 11.7. The van der Waals surface area contributed by atoms with Gasteiger partial charge in [0.05, 0.1) is 0 Å². The molecule has 84 valence electrons. The SMILES string of the molecule is CC(C)P(c1ccc(F)cc1O)C(C)C. The van der Waals surface area contributed by atoms with Crippen molar-refractivity contribution in [2.75, 3.05) is 0 Å². The first-order valence-electron chi connectivity index (χ1n) is 5.20. The van der Waals surface area contributed by atoms with E-state index in [1.54, 1.807) is 6.07 Å². The van der Waals surface area contributed by atoms with E-state index in [9.17, 15) is 9.50 Å². The molecule has 0 bridgehead atoms. The van der Waals surface area contributed by atoms with Crippen molar-refractivity contribution in [2.24, 2.45) is 0 Å². The van der Waals surface area contributed by atoms with Crippen LogP contribution in [0.1, 0.15) is 27.7 Å². The summed E-state index contributed by atoms with van der Waals surface area (Å²) >= 11 is 0. The topological polar surface area (TPSA) is 20.2 Å². The Bertz CT molecular complexity index is 328. The molecule has 1 nitrogen and oxygen atoms in total. The molecule has 0 aliphatic heterocycles. The van der Waals surface area contributed by atoms with Gasteiger partial charge in [-0.25, -0.2) is 4.39 Å². The quantitative estimate of drug-likeness (QED) is 0.785. The van der Waals surface area contributed by atoms with Gasteiger partial charge in [-0.1, -0.05) is 35.6 Å². The molecule has 1 aromatic rings. The highest BCUT2D eigenvalue weighted by Gasteiger charge is 2.21. The molecule has 0 aliphatic carbocycles. The maximum atomic E-state index is 12.9. The number of hydrogen-bond acceptors (Lipinski definition) is 1. The third-order valence-corrected chi connectivity index (χ3v) is 5.49. The van der Waals surface area contributed by atoms with Gasteiger partial charge in [0.15, 0.2) is 0 Å². The highest BCUT2D eigenvalue weighted by molar-refractivity contribution is 7.67. The molecule has 1 aromatic carbocycles. The van der Waals surface area contributed by atoms with Crippen LogP contribution in [0.15, 0.2) is 18.2 Å². The molecular formula is C12H18FOP. The van der Waals surface area contributed by atoms with Crippen LogP contribution in [0.4, 0.5) is 4.39 Å². The minimum absolute atomic E-state index is 0.100. The van der Waals surface area contributed by atoms with E-state index in [-0.39, 0.29) is 11.6 Å². The summed E-state index contributed by atoms with van der Waals surface area (Å²) in [4.78, 5) is 0. The van der Waals surface area contributed by atoms with Crippen LogP contribution in [-0.4, -0.2) is 16.4 Å². The van der Waals surface area contributed by atoms with Crippen LogP contribution in [0.25, 0.3) is 0 Å². The smallest absolute Gasteiger partial charge is 0.126 e. The van der Waals surface area contributed by atoms with E-state index in [4.69, 9.17) is 0 Å². The van der Waals surface area contributed by atoms with Gasteiger partial charge >= 0.3 is 0 Å². The molecule has 0 aliphatic rings. The van der Waals surface area contributed by atoms with Gasteiger partial charge in [0.1, 0.15) is 11.6 Å². The van der Waals surface area contributed by atoms with Gasteiger partial charge < -0.3 is 5.11 Å². The Morgan fingerprint density at radius 3 is 2.07 bits per heavy atom. The molecule has 1 rings (SSSR count). The summed E-state index contributed by atoms with van der Waals surface area (Å²) in [5.41, 5.74) is 0.993. The first-order chi connectivity index (χ1) is 6.93. The number of hydrogen-bond donors (Lipinski definition) is 1. The second-order valence-corrected chi connectivity index (χ2v) is 7.59. The average molecular weight is 228 g/mol. The molecule has 3 heteroatoms. The lowest BCUT2D eigenvalue weighted by Crippen LogP contribution is -2.15. The summed E-state index contributed by atoms with van der Waals surface area (Å²) in [6.45, 7) is 8.59. The number of rotatable bonds is 3. The van der Waals surface area contributed by atoms with E-state index in [1.165, 1.54) is 12.1 Å². The van der Waals surface area contributed by atoms with Crippen LogP contribution in [0.3, 0.4) is 0 Å². The Kier molecular flexibility index (Phi) is 4.10. The lowest BCUT2D eigenvalue weighted by Gasteiger charge is -2.26. The van der Waals surface area contributed by atoms with E-state index < -0.39 is 7.92 Å². The van der Waals surface area contributed by atoms with Crippen LogP contribution >= 0.6 is 7.92 Å². The first kappa shape index (κ1) is 12.4. The zero-order valence-corrected chi connectivity index (χ0v) is 10.6. The van der Waals surface area contributed by atoms with E-state index in [0.717, 1.165) is 5.30 Å². The Hall–Kier alpha value is -0.620. The van der Waals surface area contributed by atoms with Crippen molar-refractivity contribution in [3.63, 3.8) is 0 Å². The number of phenols is 1. The molecule has 0 spiro atoms. The fraction of sp³-hybridized carbons (Fsp3) is 0.500. The second-order valence-electron chi connectivity index (χ2n) is 4.23. The van der Waals surface area contributed by atoms with E-state index >= 15 is 0 Å². The van der Waals surface area contributed by atoms with Crippen molar-refractivity contribution in [3.8, 4) is 5.75 Å². The summed E-state index contributed by atoms with van der Waals surface area (Å²) < 4.78 is 12.9. The number of phenolic OH excluding ortho intramolecular Hbond substituents is 1. The summed E-state index contributed by atoms with van der Waals surface area (Å²) in [5.74, 6) is -0.276. The van der Waals surface area contributed by atoms with Crippen molar-refractivity contribution >= 4 is 13.2 Å². The Morgan fingerprint density at radius 1 is 1.13 bits per heavy atom. The molecule has 0 aromatic heterocycles. The molecule has 0 fully saturated rings. The van der Waals surface area contributed by atoms with Crippen molar-refractivity contribution < 1.29 is 9.50 Å². The number of halogens is 1. The van der Waals surface area contributed by atoms with Crippen LogP contribution in [0, 0.1) is 5.82 Å². The monoisotopic (exact) mass is 228 g/mol. The fourth-order valence-electron chi connectivity index (χ4n) is 1.87. The molecule has 15 heavy (non-hydrogen) atoms. The van der Waals surface area contributed by atoms with Gasteiger partial charge in [0, 0.05) is 11.4 Å². The maximum absolute atomic E-state index is 12.9. The maximum Gasteiger partial charge on any atom is 0.126 e. The third kappa shape index (κ3) is 2.92. The van der Waals surface area contributed by atoms with Gasteiger partial charge in [-0.15, -0.1) is 0 Å².